The van der Waals surface area contributed by atoms with Crippen molar-refractivity contribution in [3.05, 3.63) is 0 Å². The zero-order valence-electron chi connectivity index (χ0n) is 8.90. The van der Waals surface area contributed by atoms with E-state index in [4.69, 9.17) is 4.74 Å². The van der Waals surface area contributed by atoms with E-state index < -0.39 is 17.6 Å². The van der Waals surface area contributed by atoms with E-state index in [1.54, 1.807) is 0 Å². The van der Waals surface area contributed by atoms with Gasteiger partial charge in [-0.15, -0.1) is 0 Å². The molecule has 5 nitrogen and oxygen atoms in total. The first-order chi connectivity index (χ1) is 7.04. The number of nitrogens with zero attached hydrogens (tertiary/aromatic N) is 1. The van der Waals surface area contributed by atoms with E-state index in [0.29, 0.717) is 12.8 Å². The minimum absolute atomic E-state index is 0.00315. The highest BCUT2D eigenvalue weighted by Gasteiger charge is 2.63. The van der Waals surface area contributed by atoms with Crippen LogP contribution < -0.4 is 0 Å². The Morgan fingerprint density at radius 2 is 2.27 bits per heavy atom. The summed E-state index contributed by atoms with van der Waals surface area (Å²) in [4.78, 5) is 24.7. The second kappa shape index (κ2) is 3.23. The zero-order chi connectivity index (χ0) is 11.2. The number of amides is 1. The SMILES string of the molecule is BC(=O)N1C2CCC1(C(=O)OC)C(O)C2. The highest BCUT2D eigenvalue weighted by atomic mass is 16.5. The largest absolute Gasteiger partial charge is 0.467 e. The molecule has 2 saturated heterocycles. The molecule has 1 N–H and O–H groups in total. The molecule has 2 aliphatic heterocycles. The summed E-state index contributed by atoms with van der Waals surface area (Å²) in [6.45, 7) is 0. The molecule has 15 heavy (non-hydrogen) atoms. The molecule has 0 spiro atoms. The van der Waals surface area contributed by atoms with Gasteiger partial charge in [0.05, 0.1) is 13.2 Å². The fourth-order valence-electron chi connectivity index (χ4n) is 3.02. The molecule has 2 fully saturated rings. The number of hydrogen-bond acceptors (Lipinski definition) is 4. The minimum atomic E-state index is -1.11. The highest BCUT2D eigenvalue weighted by Crippen LogP contribution is 2.47. The Balaban J connectivity index is 2.41. The van der Waals surface area contributed by atoms with Gasteiger partial charge in [0.1, 0.15) is 0 Å². The summed E-state index contributed by atoms with van der Waals surface area (Å²) in [5.74, 6) is -0.662. The standard InChI is InChI=1S/C9H14BNO4/c1-15-7(13)9-3-2-5(4-6(9)12)11(9)8(10)14/h5-6,12H,2-4,10H2,1H3. The number of methoxy groups -OCH3 is 1. The van der Waals surface area contributed by atoms with Crippen molar-refractivity contribution in [1.29, 1.82) is 0 Å². The summed E-state index contributed by atoms with van der Waals surface area (Å²) in [6, 6.07) is -0.00315. The molecule has 6 heteroatoms. The van der Waals surface area contributed by atoms with Gasteiger partial charge in [0.2, 0.25) is 7.85 Å². The van der Waals surface area contributed by atoms with E-state index in [1.807, 2.05) is 0 Å². The Hall–Kier alpha value is -1.04. The van der Waals surface area contributed by atoms with Gasteiger partial charge in [-0.05, 0) is 19.3 Å². The Labute approximate surface area is 88.8 Å². The van der Waals surface area contributed by atoms with E-state index in [9.17, 15) is 14.7 Å². The first kappa shape index (κ1) is 10.5. The van der Waals surface area contributed by atoms with Crippen LogP contribution in [0, 0.1) is 0 Å². The molecule has 2 rings (SSSR count). The number of rotatable bonds is 1. The van der Waals surface area contributed by atoms with Gasteiger partial charge >= 0.3 is 5.97 Å². The molecule has 0 radical (unpaired) electrons. The average Bonchev–Trinajstić information content (AvgIpc) is 2.69. The molecular formula is C9H14BNO4. The molecule has 1 amide bonds. The predicted octanol–water partition coefficient (Wildman–Crippen LogP) is -1.12. The van der Waals surface area contributed by atoms with Gasteiger partial charge in [-0.25, -0.2) is 4.79 Å². The Bertz CT molecular complexity index is 321. The van der Waals surface area contributed by atoms with Crippen LogP contribution in [0.2, 0.25) is 0 Å². The Morgan fingerprint density at radius 1 is 1.60 bits per heavy atom. The van der Waals surface area contributed by atoms with Gasteiger partial charge in [-0.3, -0.25) is 4.79 Å². The smallest absolute Gasteiger partial charge is 0.334 e. The molecule has 0 aromatic carbocycles. The first-order valence-electron chi connectivity index (χ1n) is 5.10. The number of carbonyl (C=O) groups excluding carboxylic acids is 2. The monoisotopic (exact) mass is 211 g/mol. The molecule has 2 heterocycles. The summed E-state index contributed by atoms with van der Waals surface area (Å²) in [5.41, 5.74) is -1.11. The molecular weight excluding hydrogens is 197 g/mol. The fraction of sp³-hybridized carbons (Fsp3) is 0.778. The van der Waals surface area contributed by atoms with Gasteiger partial charge in [0, 0.05) is 6.04 Å². The van der Waals surface area contributed by atoms with Crippen molar-refractivity contribution in [3.63, 3.8) is 0 Å². The number of aliphatic hydroxyl groups excluding tert-OH is 1. The third-order valence-corrected chi connectivity index (χ3v) is 3.58. The summed E-state index contributed by atoms with van der Waals surface area (Å²) in [5, 5.41) is 9.90. The molecule has 0 aromatic heterocycles. The summed E-state index contributed by atoms with van der Waals surface area (Å²) >= 11 is 0. The topological polar surface area (TPSA) is 66.8 Å². The molecule has 82 valence electrons. The second-order valence-electron chi connectivity index (χ2n) is 4.25. The van der Waals surface area contributed by atoms with Gasteiger partial charge < -0.3 is 14.7 Å². The molecule has 0 saturated carbocycles. The number of hydrogen-bond donors (Lipinski definition) is 1. The van der Waals surface area contributed by atoms with Crippen LogP contribution in [0.3, 0.4) is 0 Å². The average molecular weight is 211 g/mol. The van der Waals surface area contributed by atoms with Crippen LogP contribution in [0.5, 0.6) is 0 Å². The van der Waals surface area contributed by atoms with Crippen molar-refractivity contribution in [3.8, 4) is 0 Å². The van der Waals surface area contributed by atoms with E-state index in [0.717, 1.165) is 6.42 Å². The minimum Gasteiger partial charge on any atom is -0.467 e. The van der Waals surface area contributed by atoms with Crippen LogP contribution in [0.4, 0.5) is 4.79 Å². The maximum Gasteiger partial charge on any atom is 0.334 e. The molecule has 2 bridgehead atoms. The predicted molar refractivity (Wildman–Crippen MR) is 54.2 cm³/mol. The van der Waals surface area contributed by atoms with Crippen molar-refractivity contribution < 1.29 is 19.4 Å². The molecule has 0 aromatic rings. The summed E-state index contributed by atoms with van der Waals surface area (Å²) in [7, 11) is 2.71. The fourth-order valence-corrected chi connectivity index (χ4v) is 3.02. The number of esters is 1. The summed E-state index contributed by atoms with van der Waals surface area (Å²) < 4.78 is 4.71. The van der Waals surface area contributed by atoms with Crippen LogP contribution in [-0.4, -0.2) is 54.4 Å². The van der Waals surface area contributed by atoms with Gasteiger partial charge in [0.25, 0.3) is 0 Å². The molecule has 3 atom stereocenters. The Morgan fingerprint density at radius 3 is 2.73 bits per heavy atom. The highest BCUT2D eigenvalue weighted by molar-refractivity contribution is 6.57. The number of ether oxygens (including phenoxy) is 1. The summed E-state index contributed by atoms with van der Waals surface area (Å²) in [6.07, 6.45) is 0.971. The lowest BCUT2D eigenvalue weighted by molar-refractivity contribution is -0.155. The zero-order valence-corrected chi connectivity index (χ0v) is 8.90. The van der Waals surface area contributed by atoms with Crippen LogP contribution in [0.1, 0.15) is 19.3 Å². The number of fused-ring (bicyclic) bond motifs is 2. The van der Waals surface area contributed by atoms with Crippen molar-refractivity contribution >= 4 is 19.6 Å². The van der Waals surface area contributed by atoms with E-state index >= 15 is 0 Å². The maximum atomic E-state index is 11.7. The van der Waals surface area contributed by atoms with Crippen molar-refractivity contribution in [2.24, 2.45) is 0 Å². The van der Waals surface area contributed by atoms with E-state index in [1.165, 1.54) is 19.9 Å². The molecule has 3 unspecified atom stereocenters. The van der Waals surface area contributed by atoms with E-state index in [2.05, 4.69) is 0 Å². The van der Waals surface area contributed by atoms with Crippen LogP contribution in [0.15, 0.2) is 0 Å². The lowest BCUT2D eigenvalue weighted by atomic mass is 9.84. The molecule has 0 aliphatic carbocycles. The van der Waals surface area contributed by atoms with Crippen LogP contribution >= 0.6 is 0 Å². The lowest BCUT2D eigenvalue weighted by Crippen LogP contribution is -2.56. The second-order valence-corrected chi connectivity index (χ2v) is 4.25. The third-order valence-electron chi connectivity index (χ3n) is 3.58. The van der Waals surface area contributed by atoms with Crippen LogP contribution in [0.25, 0.3) is 0 Å². The van der Waals surface area contributed by atoms with Crippen LogP contribution in [-0.2, 0) is 9.53 Å². The van der Waals surface area contributed by atoms with E-state index in [-0.39, 0.29) is 11.8 Å². The van der Waals surface area contributed by atoms with Gasteiger partial charge in [0.15, 0.2) is 11.3 Å². The normalized spacial score (nSPS) is 38.1. The maximum absolute atomic E-state index is 11.7. The van der Waals surface area contributed by atoms with Gasteiger partial charge in [-0.2, -0.15) is 0 Å². The van der Waals surface area contributed by atoms with Gasteiger partial charge in [-0.1, -0.05) is 0 Å². The first-order valence-corrected chi connectivity index (χ1v) is 5.10. The quantitative estimate of drug-likeness (QED) is 0.440. The number of aliphatic hydroxyl groups is 1. The molecule has 2 aliphatic rings. The van der Waals surface area contributed by atoms with Crippen molar-refractivity contribution in [1.82, 2.24) is 4.90 Å². The van der Waals surface area contributed by atoms with Crippen molar-refractivity contribution in [2.45, 2.75) is 36.9 Å². The third kappa shape index (κ3) is 1.14. The van der Waals surface area contributed by atoms with Crippen molar-refractivity contribution in [2.75, 3.05) is 7.11 Å². The lowest BCUT2D eigenvalue weighted by Gasteiger charge is -2.33. The number of carbonyl (C=O) groups is 2. The Kier molecular flexibility index (Phi) is 2.26.